The first-order valence-corrected chi connectivity index (χ1v) is 7.90. The third-order valence-corrected chi connectivity index (χ3v) is 4.57. The second-order valence-electron chi connectivity index (χ2n) is 5.97. The summed E-state index contributed by atoms with van der Waals surface area (Å²) in [5.74, 6) is 0.770. The third kappa shape index (κ3) is 3.34. The molecule has 5 heteroatoms. The Hall–Kier alpha value is -1.65. The lowest BCUT2D eigenvalue weighted by atomic mass is 9.88. The Bertz CT molecular complexity index is 494. The molecule has 0 N–H and O–H groups in total. The third-order valence-electron chi connectivity index (χ3n) is 4.57. The quantitative estimate of drug-likeness (QED) is 0.785. The van der Waals surface area contributed by atoms with Gasteiger partial charge in [0.25, 0.3) is 0 Å². The van der Waals surface area contributed by atoms with Crippen LogP contribution in [0.4, 0.5) is 10.2 Å². The van der Waals surface area contributed by atoms with E-state index in [2.05, 4.69) is 4.98 Å². The van der Waals surface area contributed by atoms with Crippen molar-refractivity contribution in [2.45, 2.75) is 32.1 Å². The summed E-state index contributed by atoms with van der Waals surface area (Å²) in [4.78, 5) is 20.4. The molecule has 2 heterocycles. The van der Waals surface area contributed by atoms with E-state index in [-0.39, 0.29) is 5.92 Å². The molecule has 1 saturated heterocycles. The Balaban J connectivity index is 1.56. The van der Waals surface area contributed by atoms with Crippen LogP contribution in [0.25, 0.3) is 0 Å². The van der Waals surface area contributed by atoms with Crippen molar-refractivity contribution in [2.24, 2.45) is 5.92 Å². The monoisotopic (exact) mass is 291 g/mol. The van der Waals surface area contributed by atoms with Gasteiger partial charge in [0.05, 0.1) is 0 Å². The van der Waals surface area contributed by atoms with Crippen LogP contribution in [-0.2, 0) is 4.79 Å². The highest BCUT2D eigenvalue weighted by Gasteiger charge is 2.28. The molecule has 0 radical (unpaired) electrons. The van der Waals surface area contributed by atoms with Crippen molar-refractivity contribution in [3.63, 3.8) is 0 Å². The Morgan fingerprint density at radius 3 is 2.48 bits per heavy atom. The van der Waals surface area contributed by atoms with Crippen LogP contribution in [0.15, 0.2) is 18.2 Å². The van der Waals surface area contributed by atoms with Crippen molar-refractivity contribution in [1.82, 2.24) is 9.88 Å². The molecule has 21 heavy (non-hydrogen) atoms. The molecule has 0 aromatic carbocycles. The minimum Gasteiger partial charge on any atom is -0.353 e. The first-order valence-electron chi connectivity index (χ1n) is 7.90. The van der Waals surface area contributed by atoms with E-state index in [1.165, 1.54) is 25.3 Å². The van der Waals surface area contributed by atoms with E-state index < -0.39 is 5.95 Å². The lowest BCUT2D eigenvalue weighted by molar-refractivity contribution is -0.136. The van der Waals surface area contributed by atoms with E-state index in [1.54, 1.807) is 6.07 Å². The number of nitrogens with zero attached hydrogens (tertiary/aromatic N) is 3. The highest BCUT2D eigenvalue weighted by atomic mass is 19.1. The largest absolute Gasteiger partial charge is 0.353 e. The number of aromatic nitrogens is 1. The molecule has 0 unspecified atom stereocenters. The van der Waals surface area contributed by atoms with Gasteiger partial charge in [-0.15, -0.1) is 0 Å². The van der Waals surface area contributed by atoms with Crippen LogP contribution in [0, 0.1) is 11.9 Å². The standard InChI is InChI=1S/C16H22FN3O/c17-14-7-4-8-15(18-14)19-9-11-20(12-10-19)16(21)13-5-2-1-3-6-13/h4,7-8,13H,1-3,5-6,9-12H2. The predicted octanol–water partition coefficient (Wildman–Crippen LogP) is 2.45. The number of hydrogen-bond donors (Lipinski definition) is 0. The van der Waals surface area contributed by atoms with Crippen LogP contribution >= 0.6 is 0 Å². The average molecular weight is 291 g/mol. The van der Waals surface area contributed by atoms with E-state index >= 15 is 0 Å². The van der Waals surface area contributed by atoms with Crippen molar-refractivity contribution in [3.8, 4) is 0 Å². The fourth-order valence-corrected chi connectivity index (χ4v) is 3.34. The van der Waals surface area contributed by atoms with Crippen LogP contribution in [0.5, 0.6) is 0 Å². The Labute approximate surface area is 125 Å². The molecule has 1 aliphatic heterocycles. The minimum atomic E-state index is -0.451. The van der Waals surface area contributed by atoms with Crippen molar-refractivity contribution in [2.75, 3.05) is 31.1 Å². The number of pyridine rings is 1. The first kappa shape index (κ1) is 14.3. The zero-order valence-electron chi connectivity index (χ0n) is 12.3. The SMILES string of the molecule is O=C(C1CCCCC1)N1CCN(c2cccc(F)n2)CC1. The maximum Gasteiger partial charge on any atom is 0.225 e. The Morgan fingerprint density at radius 1 is 1.10 bits per heavy atom. The van der Waals surface area contributed by atoms with Crippen LogP contribution in [0.3, 0.4) is 0 Å². The summed E-state index contributed by atoms with van der Waals surface area (Å²) in [6.45, 7) is 2.89. The maximum absolute atomic E-state index is 13.2. The summed E-state index contributed by atoms with van der Waals surface area (Å²) in [5, 5.41) is 0. The molecule has 1 amide bonds. The van der Waals surface area contributed by atoms with E-state index in [1.807, 2.05) is 15.9 Å². The summed E-state index contributed by atoms with van der Waals surface area (Å²) in [5.41, 5.74) is 0. The van der Waals surface area contributed by atoms with Gasteiger partial charge in [0.15, 0.2) is 0 Å². The number of piperazine rings is 1. The van der Waals surface area contributed by atoms with Crippen molar-refractivity contribution in [3.05, 3.63) is 24.1 Å². The summed E-state index contributed by atoms with van der Waals surface area (Å²) in [6, 6.07) is 4.85. The molecule has 0 spiro atoms. The minimum absolute atomic E-state index is 0.234. The Kier molecular flexibility index (Phi) is 4.36. The van der Waals surface area contributed by atoms with Gasteiger partial charge in [-0.05, 0) is 25.0 Å². The van der Waals surface area contributed by atoms with Crippen LogP contribution in [0.2, 0.25) is 0 Å². The molecule has 1 saturated carbocycles. The molecular formula is C16H22FN3O. The smallest absolute Gasteiger partial charge is 0.225 e. The van der Waals surface area contributed by atoms with Crippen LogP contribution in [0.1, 0.15) is 32.1 Å². The molecule has 0 bridgehead atoms. The summed E-state index contributed by atoms with van der Waals surface area (Å²) < 4.78 is 13.2. The topological polar surface area (TPSA) is 36.4 Å². The zero-order chi connectivity index (χ0) is 14.7. The fraction of sp³-hybridized carbons (Fsp3) is 0.625. The van der Waals surface area contributed by atoms with Crippen molar-refractivity contribution >= 4 is 11.7 Å². The van der Waals surface area contributed by atoms with Crippen LogP contribution < -0.4 is 4.90 Å². The lowest BCUT2D eigenvalue weighted by Gasteiger charge is -2.37. The van der Waals surface area contributed by atoms with Gasteiger partial charge in [-0.25, -0.2) is 4.98 Å². The lowest BCUT2D eigenvalue weighted by Crippen LogP contribution is -2.50. The van der Waals surface area contributed by atoms with Gasteiger partial charge in [0.1, 0.15) is 5.82 Å². The fourth-order valence-electron chi connectivity index (χ4n) is 3.34. The summed E-state index contributed by atoms with van der Waals surface area (Å²) in [6.07, 6.45) is 5.73. The molecule has 0 atom stereocenters. The number of hydrogen-bond acceptors (Lipinski definition) is 3. The van der Waals surface area contributed by atoms with E-state index in [0.717, 1.165) is 25.9 Å². The molecule has 1 aliphatic carbocycles. The molecular weight excluding hydrogens is 269 g/mol. The van der Waals surface area contributed by atoms with Crippen molar-refractivity contribution in [1.29, 1.82) is 0 Å². The van der Waals surface area contributed by atoms with Gasteiger partial charge >= 0.3 is 0 Å². The van der Waals surface area contributed by atoms with E-state index in [0.29, 0.717) is 24.8 Å². The maximum atomic E-state index is 13.2. The normalized spacial score (nSPS) is 20.6. The van der Waals surface area contributed by atoms with Gasteiger partial charge in [-0.3, -0.25) is 4.79 Å². The second kappa shape index (κ2) is 6.41. The number of halogens is 1. The number of carbonyl (C=O) groups is 1. The highest BCUT2D eigenvalue weighted by molar-refractivity contribution is 5.79. The molecule has 1 aromatic heterocycles. The van der Waals surface area contributed by atoms with Gasteiger partial charge in [-0.2, -0.15) is 4.39 Å². The van der Waals surface area contributed by atoms with Gasteiger partial charge < -0.3 is 9.80 Å². The molecule has 2 aliphatic rings. The van der Waals surface area contributed by atoms with Crippen LogP contribution in [-0.4, -0.2) is 42.0 Å². The average Bonchev–Trinajstić information content (AvgIpc) is 2.55. The molecule has 1 aromatic rings. The second-order valence-corrected chi connectivity index (χ2v) is 5.97. The molecule has 3 rings (SSSR count). The Morgan fingerprint density at radius 2 is 1.81 bits per heavy atom. The van der Waals surface area contributed by atoms with E-state index in [4.69, 9.17) is 0 Å². The number of carbonyl (C=O) groups excluding carboxylic acids is 1. The summed E-state index contributed by atoms with van der Waals surface area (Å²) in [7, 11) is 0. The first-order chi connectivity index (χ1) is 10.2. The van der Waals surface area contributed by atoms with Crippen molar-refractivity contribution < 1.29 is 9.18 Å². The van der Waals surface area contributed by atoms with Gasteiger partial charge in [-0.1, -0.05) is 25.3 Å². The number of amides is 1. The summed E-state index contributed by atoms with van der Waals surface area (Å²) >= 11 is 0. The van der Waals surface area contributed by atoms with Gasteiger partial charge in [0, 0.05) is 32.1 Å². The molecule has 2 fully saturated rings. The molecule has 4 nitrogen and oxygen atoms in total. The zero-order valence-corrected chi connectivity index (χ0v) is 12.3. The van der Waals surface area contributed by atoms with Gasteiger partial charge in [0.2, 0.25) is 11.9 Å². The molecule has 114 valence electrons. The number of anilines is 1. The highest BCUT2D eigenvalue weighted by Crippen LogP contribution is 2.26. The predicted molar refractivity (Wildman–Crippen MR) is 79.6 cm³/mol. The van der Waals surface area contributed by atoms with E-state index in [9.17, 15) is 9.18 Å². The number of rotatable bonds is 2.